The Labute approximate surface area is 199 Å². The number of halogens is 1. The molecule has 0 atom stereocenters. The van der Waals surface area contributed by atoms with Crippen LogP contribution in [0.15, 0.2) is 12.7 Å². The van der Waals surface area contributed by atoms with Crippen LogP contribution >= 0.6 is 0 Å². The van der Waals surface area contributed by atoms with E-state index >= 15 is 0 Å². The predicted octanol–water partition coefficient (Wildman–Crippen LogP) is 3.10. The summed E-state index contributed by atoms with van der Waals surface area (Å²) in [5.74, 6) is 0. The molecular formula is C25H52ClNO4. The van der Waals surface area contributed by atoms with Crippen LogP contribution in [0.4, 0.5) is 0 Å². The maximum atomic E-state index is 9.07. The van der Waals surface area contributed by atoms with Crippen molar-refractivity contribution in [1.82, 2.24) is 0 Å². The minimum Gasteiger partial charge on any atom is -1.00 e. The number of aliphatic hydroxyl groups is 2. The van der Waals surface area contributed by atoms with Crippen LogP contribution in [0.5, 0.6) is 0 Å². The molecule has 0 aromatic carbocycles. The third-order valence-electron chi connectivity index (χ3n) is 5.60. The Hall–Kier alpha value is -0.170. The van der Waals surface area contributed by atoms with E-state index in [0.717, 1.165) is 12.8 Å². The van der Waals surface area contributed by atoms with E-state index in [2.05, 4.69) is 13.5 Å². The van der Waals surface area contributed by atoms with Crippen molar-refractivity contribution < 1.29 is 37.1 Å². The highest BCUT2D eigenvalue weighted by molar-refractivity contribution is 4.63. The van der Waals surface area contributed by atoms with Gasteiger partial charge in [-0.05, 0) is 17.3 Å². The van der Waals surface area contributed by atoms with Gasteiger partial charge < -0.3 is 22.6 Å². The van der Waals surface area contributed by atoms with Gasteiger partial charge >= 0.3 is 0 Å². The van der Waals surface area contributed by atoms with E-state index in [0.29, 0.717) is 13.1 Å². The highest BCUT2D eigenvalue weighted by Crippen LogP contribution is 2.16. The summed E-state index contributed by atoms with van der Waals surface area (Å²) in [5.41, 5.74) is 0. The molecule has 0 spiro atoms. The smallest absolute Gasteiger partial charge is 0.160 e. The third-order valence-corrected chi connectivity index (χ3v) is 5.60. The van der Waals surface area contributed by atoms with Crippen LogP contribution in [0, 0.1) is 0 Å². The second-order valence-corrected chi connectivity index (χ2v) is 8.43. The summed E-state index contributed by atoms with van der Waals surface area (Å²) < 4.78 is 0. The molecule has 188 valence electrons. The zero-order valence-corrected chi connectivity index (χ0v) is 21.1. The van der Waals surface area contributed by atoms with Gasteiger partial charge in [0.25, 0.3) is 0 Å². The summed E-state index contributed by atoms with van der Waals surface area (Å²) in [6.07, 6.45) is 23.3. The molecule has 0 bridgehead atoms. The lowest BCUT2D eigenvalue weighted by Crippen LogP contribution is -3.00. The van der Waals surface area contributed by atoms with E-state index in [1.807, 2.05) is 0 Å². The lowest BCUT2D eigenvalue weighted by atomic mass is 10.0. The van der Waals surface area contributed by atoms with Crippen molar-refractivity contribution in [2.24, 2.45) is 0 Å². The molecule has 31 heavy (non-hydrogen) atoms. The van der Waals surface area contributed by atoms with E-state index < -0.39 is 0 Å². The van der Waals surface area contributed by atoms with Gasteiger partial charge in [-0.2, -0.15) is 9.68 Å². The Bertz CT molecular complexity index is 350. The summed E-state index contributed by atoms with van der Waals surface area (Å²) in [6, 6.07) is 0. The van der Waals surface area contributed by atoms with Crippen molar-refractivity contribution in [1.29, 1.82) is 0 Å². The first-order valence-corrected chi connectivity index (χ1v) is 12.7. The summed E-state index contributed by atoms with van der Waals surface area (Å²) in [7, 11) is 0. The molecule has 0 amide bonds. The van der Waals surface area contributed by atoms with Crippen LogP contribution < -0.4 is 12.4 Å². The molecule has 0 saturated carbocycles. The number of aliphatic hydroxyl groups excluding tert-OH is 2. The van der Waals surface area contributed by atoms with Crippen LogP contribution in [0.3, 0.4) is 0 Å². The molecule has 5 nitrogen and oxygen atoms in total. The molecule has 0 saturated heterocycles. The number of hydroxylamine groups is 4. The molecule has 0 rings (SSSR count). The Morgan fingerprint density at radius 2 is 1.00 bits per heavy atom. The number of nitrogens with zero attached hydrogens (tertiary/aromatic N) is 1. The monoisotopic (exact) mass is 465 g/mol. The van der Waals surface area contributed by atoms with Gasteiger partial charge in [0.2, 0.25) is 0 Å². The SMILES string of the molecule is C=CC[N+](CCCCCCCCCCCCCCCCCC)(OCCO)OCCO.[Cl-]. The minimum atomic E-state index is -0.0431. The molecule has 0 aliphatic carbocycles. The first-order valence-electron chi connectivity index (χ1n) is 12.7. The fraction of sp³-hybridized carbons (Fsp3) is 0.920. The zero-order chi connectivity index (χ0) is 22.2. The summed E-state index contributed by atoms with van der Waals surface area (Å²) >= 11 is 0. The Morgan fingerprint density at radius 3 is 1.32 bits per heavy atom. The van der Waals surface area contributed by atoms with Crippen molar-refractivity contribution in [3.05, 3.63) is 12.7 Å². The normalized spacial score (nSPS) is 11.5. The van der Waals surface area contributed by atoms with Gasteiger partial charge in [-0.1, -0.05) is 103 Å². The molecular weight excluding hydrogens is 414 g/mol. The topological polar surface area (TPSA) is 58.9 Å². The highest BCUT2D eigenvalue weighted by atomic mass is 35.5. The van der Waals surface area contributed by atoms with Crippen LogP contribution in [-0.4, -0.2) is 54.5 Å². The zero-order valence-electron chi connectivity index (χ0n) is 20.4. The predicted molar refractivity (Wildman–Crippen MR) is 126 cm³/mol. The number of hydrogen-bond donors (Lipinski definition) is 2. The van der Waals surface area contributed by atoms with Gasteiger partial charge in [-0.15, -0.1) is 0 Å². The average molecular weight is 466 g/mol. The highest BCUT2D eigenvalue weighted by Gasteiger charge is 2.30. The molecule has 0 unspecified atom stereocenters. The van der Waals surface area contributed by atoms with Crippen molar-refractivity contribution in [3.63, 3.8) is 0 Å². The molecule has 0 aromatic rings. The number of rotatable bonds is 25. The first kappa shape index (κ1) is 33.0. The van der Waals surface area contributed by atoms with Gasteiger partial charge in [0.05, 0.1) is 13.2 Å². The van der Waals surface area contributed by atoms with E-state index in [-0.39, 0.29) is 43.6 Å². The van der Waals surface area contributed by atoms with Crippen LogP contribution in [-0.2, 0) is 9.68 Å². The quantitative estimate of drug-likeness (QED) is 0.0941. The minimum absolute atomic E-state index is 0. The first-order chi connectivity index (χ1) is 14.7. The van der Waals surface area contributed by atoms with Crippen molar-refractivity contribution in [3.8, 4) is 0 Å². The van der Waals surface area contributed by atoms with Crippen LogP contribution in [0.2, 0.25) is 0 Å². The van der Waals surface area contributed by atoms with Crippen molar-refractivity contribution in [2.45, 2.75) is 110 Å². The van der Waals surface area contributed by atoms with Crippen LogP contribution in [0.1, 0.15) is 110 Å². The molecule has 0 radical (unpaired) electrons. The number of hydrogen-bond acceptors (Lipinski definition) is 4. The van der Waals surface area contributed by atoms with Gasteiger partial charge in [0.15, 0.2) is 6.54 Å². The summed E-state index contributed by atoms with van der Waals surface area (Å²) in [4.78, 5) is 11.4. The molecule has 0 heterocycles. The molecule has 0 aliphatic heterocycles. The third kappa shape index (κ3) is 21.4. The molecule has 0 fully saturated rings. The second-order valence-electron chi connectivity index (χ2n) is 8.43. The maximum Gasteiger partial charge on any atom is 0.160 e. The Balaban J connectivity index is 0. The van der Waals surface area contributed by atoms with E-state index in [9.17, 15) is 0 Å². The number of unbranched alkanes of at least 4 members (excludes halogenated alkanes) is 15. The molecule has 6 heteroatoms. The number of quaternary nitrogens is 1. The lowest BCUT2D eigenvalue weighted by molar-refractivity contribution is -1.24. The molecule has 0 aromatic heterocycles. The van der Waals surface area contributed by atoms with Gasteiger partial charge in [0, 0.05) is 6.42 Å². The lowest BCUT2D eigenvalue weighted by Gasteiger charge is -2.31. The summed E-state index contributed by atoms with van der Waals surface area (Å²) in [5, 5.41) is 18.1. The summed E-state index contributed by atoms with van der Waals surface area (Å²) in [6.45, 7) is 7.64. The second kappa shape index (κ2) is 26.1. The van der Waals surface area contributed by atoms with Gasteiger partial charge in [-0.25, -0.2) is 0 Å². The molecule has 2 N–H and O–H groups in total. The van der Waals surface area contributed by atoms with Gasteiger partial charge in [0.1, 0.15) is 19.8 Å². The van der Waals surface area contributed by atoms with Crippen LogP contribution in [0.25, 0.3) is 0 Å². The Morgan fingerprint density at radius 1 is 0.645 bits per heavy atom. The fourth-order valence-electron chi connectivity index (χ4n) is 3.87. The van der Waals surface area contributed by atoms with Crippen molar-refractivity contribution >= 4 is 0 Å². The van der Waals surface area contributed by atoms with E-state index in [4.69, 9.17) is 19.9 Å². The maximum absolute atomic E-state index is 9.07. The van der Waals surface area contributed by atoms with E-state index in [1.165, 1.54) is 89.9 Å². The van der Waals surface area contributed by atoms with E-state index in [1.54, 1.807) is 6.08 Å². The average Bonchev–Trinajstić information content (AvgIpc) is 2.76. The standard InChI is InChI=1S/C25H52NO4.ClH/c1-3-5-6-7-8-9-10-11-12-13-14-15-16-17-18-19-21-26(20-4-2,29-24-22-27)30-25-23-28;/h4,27-28H,2-3,5-25H2,1H3;1H/q+1;/p-1. The van der Waals surface area contributed by atoms with Crippen molar-refractivity contribution in [2.75, 3.05) is 39.5 Å². The Kier molecular flexibility index (Phi) is 27.8. The fourth-order valence-corrected chi connectivity index (χ4v) is 3.87. The van der Waals surface area contributed by atoms with Gasteiger partial charge in [-0.3, -0.25) is 0 Å². The molecule has 0 aliphatic rings. The largest absolute Gasteiger partial charge is 1.00 e.